The second-order valence-electron chi connectivity index (χ2n) is 8.10. The molecule has 1 aromatic heterocycles. The third kappa shape index (κ3) is 5.00. The fraction of sp³-hybridized carbons (Fsp3) is 0.292. The van der Waals surface area contributed by atoms with Crippen molar-refractivity contribution in [2.75, 3.05) is 12.9 Å². The van der Waals surface area contributed by atoms with Crippen LogP contribution in [0.3, 0.4) is 0 Å². The van der Waals surface area contributed by atoms with E-state index in [9.17, 15) is 22.7 Å². The lowest BCUT2D eigenvalue weighted by atomic mass is 9.85. The van der Waals surface area contributed by atoms with Crippen LogP contribution in [0, 0.1) is 12.7 Å². The molecule has 0 amide bonds. The van der Waals surface area contributed by atoms with Gasteiger partial charge < -0.3 is 20.5 Å². The van der Waals surface area contributed by atoms with E-state index in [0.717, 1.165) is 6.26 Å². The number of aliphatic hydroxyl groups excluding tert-OH is 1. The van der Waals surface area contributed by atoms with Crippen molar-refractivity contribution in [2.24, 2.45) is 5.73 Å². The molecule has 7 nitrogen and oxygen atoms in total. The Bertz CT molecular complexity index is 1270. The van der Waals surface area contributed by atoms with Crippen LogP contribution in [-0.2, 0) is 20.2 Å². The van der Waals surface area contributed by atoms with E-state index >= 15 is 0 Å². The monoisotopic (exact) mass is 474 g/mol. The minimum absolute atomic E-state index is 0.0725. The van der Waals surface area contributed by atoms with E-state index in [1.54, 1.807) is 41.8 Å². The number of hydrogen-bond donors (Lipinski definition) is 3. The molecule has 9 heteroatoms. The van der Waals surface area contributed by atoms with E-state index in [0.29, 0.717) is 41.0 Å². The van der Waals surface area contributed by atoms with Gasteiger partial charge in [0.15, 0.2) is 9.84 Å². The van der Waals surface area contributed by atoms with Crippen LogP contribution in [0.2, 0.25) is 0 Å². The number of carbonyl (C=O) groups is 1. The van der Waals surface area contributed by atoms with Crippen LogP contribution in [0.5, 0.6) is 0 Å². The van der Waals surface area contributed by atoms with Crippen LogP contribution < -0.4 is 5.73 Å². The number of carboxylic acid groups (broad SMARTS) is 1. The number of hydrogen-bond acceptors (Lipinski definition) is 5. The first-order valence-corrected chi connectivity index (χ1v) is 12.3. The molecular weight excluding hydrogens is 447 g/mol. The van der Waals surface area contributed by atoms with E-state index in [4.69, 9.17) is 10.8 Å². The highest BCUT2D eigenvalue weighted by Crippen LogP contribution is 2.36. The standard InChI is InChI=1S/C24H27FN2O5S/c1-16-21(24(26,23(29)30)12-3-4-13-28)15-22(27(16)19-7-5-6-18(25)14-19)17-8-10-20(11-9-17)33(2,31)32/h5-11,14-15,28H,3-4,12-13,26H2,1-2H3,(H,29,30). The molecule has 2 aromatic carbocycles. The zero-order valence-electron chi connectivity index (χ0n) is 18.5. The van der Waals surface area contributed by atoms with E-state index in [1.165, 1.54) is 24.3 Å². The second-order valence-corrected chi connectivity index (χ2v) is 10.1. The van der Waals surface area contributed by atoms with Gasteiger partial charge in [0.25, 0.3) is 0 Å². The van der Waals surface area contributed by atoms with Gasteiger partial charge in [-0.1, -0.05) is 18.2 Å². The third-order valence-electron chi connectivity index (χ3n) is 5.73. The van der Waals surface area contributed by atoms with E-state index in [-0.39, 0.29) is 17.9 Å². The first-order chi connectivity index (χ1) is 15.5. The van der Waals surface area contributed by atoms with E-state index < -0.39 is 27.2 Å². The van der Waals surface area contributed by atoms with Crippen molar-refractivity contribution < 1.29 is 27.8 Å². The summed E-state index contributed by atoms with van der Waals surface area (Å²) in [7, 11) is -3.39. The summed E-state index contributed by atoms with van der Waals surface area (Å²) in [5, 5.41) is 19.1. The Morgan fingerprint density at radius 3 is 2.33 bits per heavy atom. The van der Waals surface area contributed by atoms with Crippen molar-refractivity contribution in [1.82, 2.24) is 4.57 Å². The van der Waals surface area contributed by atoms with E-state index in [2.05, 4.69) is 0 Å². The molecule has 33 heavy (non-hydrogen) atoms. The van der Waals surface area contributed by atoms with Gasteiger partial charge in [-0.05, 0) is 68.1 Å². The molecule has 0 radical (unpaired) electrons. The Labute approximate surface area is 192 Å². The number of halogens is 1. The lowest BCUT2D eigenvalue weighted by Gasteiger charge is -2.25. The minimum Gasteiger partial charge on any atom is -0.480 e. The molecule has 0 aliphatic carbocycles. The van der Waals surface area contributed by atoms with Gasteiger partial charge in [-0.25, -0.2) is 17.6 Å². The quantitative estimate of drug-likeness (QED) is 0.409. The number of nitrogens with two attached hydrogens (primary N) is 1. The van der Waals surface area contributed by atoms with Gasteiger partial charge in [-0.2, -0.15) is 0 Å². The van der Waals surface area contributed by atoms with Crippen molar-refractivity contribution in [3.8, 4) is 16.9 Å². The minimum atomic E-state index is -3.39. The first kappa shape index (κ1) is 24.6. The van der Waals surface area contributed by atoms with Gasteiger partial charge in [0.2, 0.25) is 0 Å². The van der Waals surface area contributed by atoms with Crippen LogP contribution in [0.1, 0.15) is 30.5 Å². The molecule has 0 fully saturated rings. The lowest BCUT2D eigenvalue weighted by Crippen LogP contribution is -2.45. The molecule has 0 aliphatic heterocycles. The number of unbranched alkanes of at least 4 members (excludes halogenated alkanes) is 1. The summed E-state index contributed by atoms with van der Waals surface area (Å²) in [5.74, 6) is -1.67. The summed E-state index contributed by atoms with van der Waals surface area (Å²) in [4.78, 5) is 12.4. The van der Waals surface area contributed by atoms with Crippen molar-refractivity contribution in [3.63, 3.8) is 0 Å². The largest absolute Gasteiger partial charge is 0.480 e. The van der Waals surface area contributed by atoms with Crippen molar-refractivity contribution in [3.05, 3.63) is 71.7 Å². The number of benzene rings is 2. The number of nitrogens with zero attached hydrogens (tertiary/aromatic N) is 1. The molecule has 176 valence electrons. The van der Waals surface area contributed by atoms with Crippen LogP contribution in [0.25, 0.3) is 16.9 Å². The Hall–Kier alpha value is -3.01. The zero-order valence-corrected chi connectivity index (χ0v) is 19.3. The van der Waals surface area contributed by atoms with Crippen molar-refractivity contribution >= 4 is 15.8 Å². The maximum Gasteiger partial charge on any atom is 0.328 e. The van der Waals surface area contributed by atoms with Crippen molar-refractivity contribution in [1.29, 1.82) is 0 Å². The average molecular weight is 475 g/mol. The van der Waals surface area contributed by atoms with Gasteiger partial charge >= 0.3 is 5.97 Å². The zero-order chi connectivity index (χ0) is 24.4. The average Bonchev–Trinajstić information content (AvgIpc) is 3.10. The molecule has 3 aromatic rings. The molecule has 4 N–H and O–H groups in total. The lowest BCUT2D eigenvalue weighted by molar-refractivity contribution is -0.144. The summed E-state index contributed by atoms with van der Waals surface area (Å²) in [6.07, 6.45) is 2.03. The van der Waals surface area contributed by atoms with Crippen LogP contribution in [0.4, 0.5) is 4.39 Å². The molecule has 0 saturated heterocycles. The molecule has 3 rings (SSSR count). The summed E-state index contributed by atoms with van der Waals surface area (Å²) >= 11 is 0. The summed E-state index contributed by atoms with van der Waals surface area (Å²) < 4.78 is 39.5. The smallest absolute Gasteiger partial charge is 0.328 e. The van der Waals surface area contributed by atoms with Gasteiger partial charge in [-0.3, -0.25) is 0 Å². The summed E-state index contributed by atoms with van der Waals surface area (Å²) in [6, 6.07) is 13.7. The predicted octanol–water partition coefficient (Wildman–Crippen LogP) is 3.40. The van der Waals surface area contributed by atoms with Crippen LogP contribution in [-0.4, -0.2) is 42.0 Å². The molecule has 1 atom stereocenters. The molecule has 1 unspecified atom stereocenters. The molecule has 0 aliphatic rings. The predicted molar refractivity (Wildman–Crippen MR) is 123 cm³/mol. The van der Waals surface area contributed by atoms with Gasteiger partial charge in [-0.15, -0.1) is 0 Å². The van der Waals surface area contributed by atoms with Crippen LogP contribution in [0.15, 0.2) is 59.5 Å². The summed E-state index contributed by atoms with van der Waals surface area (Å²) in [6.45, 7) is 1.64. The van der Waals surface area contributed by atoms with Gasteiger partial charge in [0.1, 0.15) is 11.4 Å². The second kappa shape index (κ2) is 9.46. The van der Waals surface area contributed by atoms with Crippen LogP contribution >= 0.6 is 0 Å². The normalized spacial score (nSPS) is 13.6. The fourth-order valence-corrected chi connectivity index (χ4v) is 4.59. The first-order valence-electron chi connectivity index (χ1n) is 10.4. The molecule has 0 bridgehead atoms. The topological polar surface area (TPSA) is 123 Å². The Balaban J connectivity index is 2.25. The van der Waals surface area contributed by atoms with E-state index in [1.807, 2.05) is 0 Å². The maximum absolute atomic E-state index is 14.1. The molecular formula is C24H27FN2O5S. The van der Waals surface area contributed by atoms with Gasteiger partial charge in [0.05, 0.1) is 10.6 Å². The number of carboxylic acids is 1. The maximum atomic E-state index is 14.1. The highest BCUT2D eigenvalue weighted by molar-refractivity contribution is 7.90. The van der Waals surface area contributed by atoms with Crippen molar-refractivity contribution in [2.45, 2.75) is 36.6 Å². The third-order valence-corrected chi connectivity index (χ3v) is 6.86. The number of aromatic nitrogens is 1. The fourth-order valence-electron chi connectivity index (χ4n) is 3.96. The number of sulfone groups is 1. The number of aliphatic hydroxyl groups is 1. The number of aliphatic carboxylic acids is 1. The number of rotatable bonds is 9. The molecule has 0 saturated carbocycles. The highest BCUT2D eigenvalue weighted by atomic mass is 32.2. The Morgan fingerprint density at radius 2 is 1.79 bits per heavy atom. The Morgan fingerprint density at radius 1 is 1.12 bits per heavy atom. The Kier molecular flexibility index (Phi) is 7.06. The highest BCUT2D eigenvalue weighted by Gasteiger charge is 2.39. The summed E-state index contributed by atoms with van der Waals surface area (Å²) in [5.41, 5.74) is 7.21. The SMILES string of the molecule is Cc1c(C(N)(CCCCO)C(=O)O)cc(-c2ccc(S(C)(=O)=O)cc2)n1-c1cccc(F)c1. The molecule has 0 spiro atoms. The van der Waals surface area contributed by atoms with Gasteiger partial charge in [0, 0.05) is 29.8 Å². The molecule has 1 heterocycles.